The molecule has 0 spiro atoms. The Bertz CT molecular complexity index is 528. The fourth-order valence-electron chi connectivity index (χ4n) is 2.98. The first-order valence-corrected chi connectivity index (χ1v) is 7.23. The lowest BCUT2D eigenvalue weighted by molar-refractivity contribution is 0.246. The first kappa shape index (κ1) is 13.0. The van der Waals surface area contributed by atoms with Crippen LogP contribution in [0, 0.1) is 11.5 Å². The molecule has 0 unspecified atom stereocenters. The van der Waals surface area contributed by atoms with Crippen LogP contribution in [0.1, 0.15) is 43.3 Å². The Morgan fingerprint density at radius 2 is 2.15 bits per heavy atom. The van der Waals surface area contributed by atoms with Gasteiger partial charge in [0.15, 0.2) is 6.19 Å². The van der Waals surface area contributed by atoms with E-state index in [0.29, 0.717) is 12.0 Å². The van der Waals surface area contributed by atoms with Crippen LogP contribution < -0.4 is 5.32 Å². The van der Waals surface area contributed by atoms with Gasteiger partial charge in [0.2, 0.25) is 5.96 Å². The Labute approximate surface area is 119 Å². The monoisotopic (exact) mass is 272 g/mol. The van der Waals surface area contributed by atoms with E-state index >= 15 is 0 Å². The minimum Gasteiger partial charge on any atom is -0.342 e. The van der Waals surface area contributed by atoms with Crippen molar-refractivity contribution < 1.29 is 0 Å². The van der Waals surface area contributed by atoms with Crippen molar-refractivity contribution in [1.29, 1.82) is 5.26 Å². The molecule has 1 aromatic rings. The Balaban J connectivity index is 1.63. The maximum Gasteiger partial charge on any atom is 0.207 e. The number of aromatic nitrogens is 2. The van der Waals surface area contributed by atoms with Gasteiger partial charge in [0.05, 0.1) is 6.04 Å². The molecular weight excluding hydrogens is 252 g/mol. The van der Waals surface area contributed by atoms with Crippen LogP contribution in [0.4, 0.5) is 0 Å². The Kier molecular flexibility index (Phi) is 3.59. The smallest absolute Gasteiger partial charge is 0.207 e. The second kappa shape index (κ2) is 5.53. The van der Waals surface area contributed by atoms with Crippen molar-refractivity contribution in [2.75, 3.05) is 20.1 Å². The van der Waals surface area contributed by atoms with Crippen LogP contribution in [-0.2, 0) is 0 Å². The summed E-state index contributed by atoms with van der Waals surface area (Å²) in [6.45, 7) is 1.83. The van der Waals surface area contributed by atoms with E-state index in [1.54, 1.807) is 7.05 Å². The Morgan fingerprint density at radius 1 is 1.40 bits per heavy atom. The molecule has 2 fully saturated rings. The van der Waals surface area contributed by atoms with E-state index in [9.17, 15) is 0 Å². The summed E-state index contributed by atoms with van der Waals surface area (Å²) < 4.78 is 2.23. The van der Waals surface area contributed by atoms with E-state index in [1.807, 2.05) is 12.4 Å². The molecule has 0 aromatic carbocycles. The van der Waals surface area contributed by atoms with Crippen molar-refractivity contribution in [3.63, 3.8) is 0 Å². The summed E-state index contributed by atoms with van der Waals surface area (Å²) in [4.78, 5) is 6.27. The second-order valence-electron chi connectivity index (χ2n) is 5.48. The van der Waals surface area contributed by atoms with Crippen LogP contribution in [0.25, 0.3) is 0 Å². The lowest BCUT2D eigenvalue weighted by atomic mass is 10.0. The van der Waals surface area contributed by atoms with Crippen molar-refractivity contribution in [2.45, 2.75) is 37.6 Å². The Hall–Kier alpha value is -2.03. The molecule has 6 heteroatoms. The highest BCUT2D eigenvalue weighted by molar-refractivity contribution is 5.81. The van der Waals surface area contributed by atoms with Gasteiger partial charge >= 0.3 is 0 Å². The highest BCUT2D eigenvalue weighted by Crippen LogP contribution is 2.41. The lowest BCUT2D eigenvalue weighted by Gasteiger charge is -2.34. The number of nitrogens with one attached hydrogen (secondary N) is 1. The zero-order valence-corrected chi connectivity index (χ0v) is 11.8. The van der Waals surface area contributed by atoms with E-state index in [1.165, 1.54) is 18.5 Å². The SMILES string of the molecule is CN=C(NC#N)N1CCC(n2nccc2C2CC2)CC1. The fourth-order valence-corrected chi connectivity index (χ4v) is 2.98. The molecule has 1 N–H and O–H groups in total. The lowest BCUT2D eigenvalue weighted by Crippen LogP contribution is -2.44. The van der Waals surface area contributed by atoms with Crippen LogP contribution in [0.3, 0.4) is 0 Å². The van der Waals surface area contributed by atoms with E-state index in [0.717, 1.165) is 31.8 Å². The maximum atomic E-state index is 8.72. The van der Waals surface area contributed by atoms with Crippen molar-refractivity contribution in [3.05, 3.63) is 18.0 Å². The molecule has 2 aliphatic rings. The number of hydrogen-bond donors (Lipinski definition) is 1. The number of hydrogen-bond acceptors (Lipinski definition) is 3. The fraction of sp³-hybridized carbons (Fsp3) is 0.643. The predicted octanol–water partition coefficient (Wildman–Crippen LogP) is 1.45. The minimum absolute atomic E-state index is 0.483. The standard InChI is InChI=1S/C14H20N6/c1-16-14(17-10-15)19-8-5-12(6-9-19)20-13(4-7-18-20)11-2-3-11/h4,7,11-12H,2-3,5-6,8-9H2,1H3,(H,16,17). The van der Waals surface area contributed by atoms with E-state index in [4.69, 9.17) is 5.26 Å². The number of aliphatic imine (C=N–C) groups is 1. The average molecular weight is 272 g/mol. The number of nitriles is 1. The predicted molar refractivity (Wildman–Crippen MR) is 76.2 cm³/mol. The molecule has 1 aliphatic carbocycles. The molecule has 20 heavy (non-hydrogen) atoms. The third-order valence-corrected chi connectivity index (χ3v) is 4.19. The number of rotatable bonds is 2. The molecule has 1 saturated heterocycles. The van der Waals surface area contributed by atoms with Crippen LogP contribution >= 0.6 is 0 Å². The third kappa shape index (κ3) is 2.48. The molecule has 1 saturated carbocycles. The summed E-state index contributed by atoms with van der Waals surface area (Å²) in [7, 11) is 1.71. The summed E-state index contributed by atoms with van der Waals surface area (Å²) in [6, 6.07) is 2.65. The molecule has 0 atom stereocenters. The summed E-state index contributed by atoms with van der Waals surface area (Å²) in [5.74, 6) is 1.41. The van der Waals surface area contributed by atoms with E-state index < -0.39 is 0 Å². The zero-order valence-electron chi connectivity index (χ0n) is 11.8. The van der Waals surface area contributed by atoms with Crippen LogP contribution in [0.15, 0.2) is 17.3 Å². The summed E-state index contributed by atoms with van der Waals surface area (Å²) >= 11 is 0. The van der Waals surface area contributed by atoms with E-state index in [2.05, 4.69) is 31.1 Å². The number of guanidine groups is 1. The van der Waals surface area contributed by atoms with Crippen molar-refractivity contribution in [3.8, 4) is 6.19 Å². The highest BCUT2D eigenvalue weighted by Gasteiger charge is 2.30. The van der Waals surface area contributed by atoms with Gasteiger partial charge in [-0.15, -0.1) is 0 Å². The van der Waals surface area contributed by atoms with Crippen molar-refractivity contribution in [1.82, 2.24) is 20.0 Å². The molecule has 0 bridgehead atoms. The topological polar surface area (TPSA) is 69.2 Å². The Morgan fingerprint density at radius 3 is 2.75 bits per heavy atom. The van der Waals surface area contributed by atoms with Gasteiger partial charge in [-0.25, -0.2) is 0 Å². The molecule has 106 valence electrons. The molecule has 1 aromatic heterocycles. The van der Waals surface area contributed by atoms with E-state index in [-0.39, 0.29) is 0 Å². The normalized spacial score (nSPS) is 20.8. The molecule has 1 aliphatic heterocycles. The molecule has 2 heterocycles. The maximum absolute atomic E-state index is 8.72. The number of piperidine rings is 1. The molecule has 3 rings (SSSR count). The number of nitrogens with zero attached hydrogens (tertiary/aromatic N) is 5. The van der Waals surface area contributed by atoms with Crippen LogP contribution in [0.2, 0.25) is 0 Å². The van der Waals surface area contributed by atoms with Gasteiger partial charge in [-0.05, 0) is 31.7 Å². The molecular formula is C14H20N6. The zero-order chi connectivity index (χ0) is 13.9. The minimum atomic E-state index is 0.483. The van der Waals surface area contributed by atoms with Crippen molar-refractivity contribution >= 4 is 5.96 Å². The van der Waals surface area contributed by atoms with Crippen LogP contribution in [-0.4, -0.2) is 40.8 Å². The molecule has 6 nitrogen and oxygen atoms in total. The quantitative estimate of drug-likeness (QED) is 0.383. The third-order valence-electron chi connectivity index (χ3n) is 4.19. The van der Waals surface area contributed by atoms with Gasteiger partial charge < -0.3 is 4.90 Å². The highest BCUT2D eigenvalue weighted by atomic mass is 15.3. The largest absolute Gasteiger partial charge is 0.342 e. The van der Waals surface area contributed by atoms with Crippen molar-refractivity contribution in [2.24, 2.45) is 4.99 Å². The molecule has 0 amide bonds. The second-order valence-corrected chi connectivity index (χ2v) is 5.48. The average Bonchev–Trinajstić information content (AvgIpc) is 3.22. The van der Waals surface area contributed by atoms with Gasteiger partial charge in [0, 0.05) is 37.9 Å². The van der Waals surface area contributed by atoms with Gasteiger partial charge in [0.25, 0.3) is 0 Å². The van der Waals surface area contributed by atoms with Gasteiger partial charge in [-0.3, -0.25) is 15.0 Å². The van der Waals surface area contributed by atoms with Gasteiger partial charge in [-0.1, -0.05) is 0 Å². The first-order chi connectivity index (χ1) is 9.83. The number of likely N-dealkylation sites (tertiary alicyclic amines) is 1. The van der Waals surface area contributed by atoms with Gasteiger partial charge in [0.1, 0.15) is 0 Å². The van der Waals surface area contributed by atoms with Gasteiger partial charge in [-0.2, -0.15) is 10.4 Å². The first-order valence-electron chi connectivity index (χ1n) is 7.23. The summed E-state index contributed by atoms with van der Waals surface area (Å²) in [5.41, 5.74) is 1.41. The summed E-state index contributed by atoms with van der Waals surface area (Å²) in [5, 5.41) is 15.9. The van der Waals surface area contributed by atoms with Crippen LogP contribution in [0.5, 0.6) is 0 Å². The molecule has 0 radical (unpaired) electrons. The summed E-state index contributed by atoms with van der Waals surface area (Å²) in [6.07, 6.45) is 8.59.